The molecule has 0 aromatic heterocycles. The van der Waals surface area contributed by atoms with Crippen molar-refractivity contribution in [3.05, 3.63) is 93.5 Å². The predicted octanol–water partition coefficient (Wildman–Crippen LogP) is 3.43. The van der Waals surface area contributed by atoms with Crippen LogP contribution < -0.4 is 25.4 Å². The average molecular weight is 493 g/mol. The number of hydrazone groups is 1. The van der Waals surface area contributed by atoms with Crippen LogP contribution in [0.1, 0.15) is 17.3 Å². The molecule has 0 radical (unpaired) electrons. The van der Waals surface area contributed by atoms with Gasteiger partial charge >= 0.3 is 0 Å². The topological polar surface area (TPSA) is 75.5 Å². The van der Waals surface area contributed by atoms with Crippen molar-refractivity contribution in [3.8, 4) is 11.5 Å². The summed E-state index contributed by atoms with van der Waals surface area (Å²) in [4.78, 5) is 18.3. The van der Waals surface area contributed by atoms with E-state index in [4.69, 9.17) is 31.2 Å². The van der Waals surface area contributed by atoms with Crippen LogP contribution in [-0.4, -0.2) is 30.3 Å². The van der Waals surface area contributed by atoms with Gasteiger partial charge in [-0.2, -0.15) is 0 Å². The quantitative estimate of drug-likeness (QED) is 0.590. The van der Waals surface area contributed by atoms with Crippen LogP contribution in [0.4, 0.5) is 0 Å². The zero-order valence-corrected chi connectivity index (χ0v) is 20.1. The molecule has 0 unspecified atom stereocenters. The molecule has 2 aliphatic heterocycles. The van der Waals surface area contributed by atoms with Crippen LogP contribution in [0.5, 0.6) is 11.5 Å². The Bertz CT molecular complexity index is 1410. The van der Waals surface area contributed by atoms with Gasteiger partial charge < -0.3 is 9.47 Å². The minimum Gasteiger partial charge on any atom is -0.493 e. The molecule has 5 rings (SSSR count). The smallest absolute Gasteiger partial charge is 0.276 e. The van der Waals surface area contributed by atoms with Gasteiger partial charge in [0.25, 0.3) is 5.91 Å². The van der Waals surface area contributed by atoms with E-state index in [9.17, 15) is 4.79 Å². The molecule has 0 bridgehead atoms. The Morgan fingerprint density at radius 1 is 1.03 bits per heavy atom. The highest BCUT2D eigenvalue weighted by molar-refractivity contribution is 8.13. The number of para-hydroxylation sites is 2. The van der Waals surface area contributed by atoms with Crippen molar-refractivity contribution in [2.24, 2.45) is 10.1 Å². The molecule has 9 heteroatoms. The maximum absolute atomic E-state index is 13.3. The fraction of sp³-hybridized carbons (Fsp3) is 0.160. The molecule has 0 saturated carbocycles. The summed E-state index contributed by atoms with van der Waals surface area (Å²) in [5, 5.41) is 12.0. The number of hydrogen-bond donors (Lipinski definition) is 1. The molecule has 3 aromatic carbocycles. The summed E-state index contributed by atoms with van der Waals surface area (Å²) in [6.45, 7) is 0. The minimum atomic E-state index is -0.605. The van der Waals surface area contributed by atoms with Crippen LogP contribution in [0.3, 0.4) is 0 Å². The van der Waals surface area contributed by atoms with Gasteiger partial charge in [-0.05, 0) is 29.8 Å². The van der Waals surface area contributed by atoms with Gasteiger partial charge in [0.2, 0.25) is 0 Å². The number of thioether (sulfide) groups is 1. The van der Waals surface area contributed by atoms with Gasteiger partial charge in [0.15, 0.2) is 22.8 Å². The second-order valence-electron chi connectivity index (χ2n) is 7.57. The summed E-state index contributed by atoms with van der Waals surface area (Å²) >= 11 is 7.43. The van der Waals surface area contributed by atoms with Crippen molar-refractivity contribution in [2.75, 3.05) is 14.2 Å². The molecular formula is C25H21ClN4O3S. The minimum absolute atomic E-state index is 0.234. The molecule has 1 atom stereocenters. The predicted molar refractivity (Wildman–Crippen MR) is 133 cm³/mol. The maximum atomic E-state index is 13.3. The van der Waals surface area contributed by atoms with Crippen molar-refractivity contribution in [3.63, 3.8) is 0 Å². The number of fused-ring (bicyclic) bond motifs is 2. The second kappa shape index (κ2) is 9.40. The first-order chi connectivity index (χ1) is 16.6. The molecule has 2 heterocycles. The Balaban J connectivity index is 1.59. The molecule has 1 amide bonds. The molecule has 1 N–H and O–H groups in total. The van der Waals surface area contributed by atoms with E-state index in [1.54, 1.807) is 19.2 Å². The lowest BCUT2D eigenvalue weighted by Crippen LogP contribution is -2.50. The monoisotopic (exact) mass is 492 g/mol. The van der Waals surface area contributed by atoms with Crippen LogP contribution in [-0.2, 0) is 10.5 Å². The van der Waals surface area contributed by atoms with E-state index in [2.05, 4.69) is 5.32 Å². The van der Waals surface area contributed by atoms with Gasteiger partial charge in [0, 0.05) is 21.6 Å². The molecule has 0 fully saturated rings. The fourth-order valence-corrected chi connectivity index (χ4v) is 4.88. The average Bonchev–Trinajstić information content (AvgIpc) is 2.87. The van der Waals surface area contributed by atoms with Gasteiger partial charge in [0.05, 0.1) is 19.6 Å². The zero-order valence-electron chi connectivity index (χ0n) is 18.5. The number of amides is 1. The second-order valence-corrected chi connectivity index (χ2v) is 8.97. The number of halogens is 1. The molecule has 0 aliphatic carbocycles. The Morgan fingerprint density at radius 2 is 1.82 bits per heavy atom. The van der Waals surface area contributed by atoms with E-state index in [1.807, 2.05) is 66.7 Å². The lowest BCUT2D eigenvalue weighted by molar-refractivity contribution is -0.116. The molecule has 7 nitrogen and oxygen atoms in total. The van der Waals surface area contributed by atoms with Gasteiger partial charge in [0.1, 0.15) is 5.70 Å². The highest BCUT2D eigenvalue weighted by Gasteiger charge is 2.36. The van der Waals surface area contributed by atoms with Crippen molar-refractivity contribution >= 4 is 40.1 Å². The molecule has 3 aromatic rings. The van der Waals surface area contributed by atoms with Gasteiger partial charge in [-0.3, -0.25) is 15.1 Å². The number of rotatable bonds is 5. The number of benzene rings is 3. The molecule has 0 spiro atoms. The molecule has 2 aliphatic rings. The number of nitrogens with zero attached hydrogens (tertiary/aromatic N) is 3. The van der Waals surface area contributed by atoms with Gasteiger partial charge in [-0.25, -0.2) is 5.01 Å². The standard InChI is InChI=1S/C25H21ClN4O3S/c1-32-20-9-5-7-18(22(20)33-2)23-27-19-8-4-3-6-17(19)21-24(31)28-25(29-30(21)23)34-14-15-10-12-16(26)13-11-15/h3-13,23H,14H2,1-2H3,(H,28,29,31)/t23-/m1/s1. The van der Waals surface area contributed by atoms with E-state index >= 15 is 0 Å². The number of nitrogens with one attached hydrogen (secondary N) is 1. The SMILES string of the molecule is COc1cccc([C@@H]2N=c3ccccc3=C3C(=O)NC(SCc4ccc(Cl)cc4)=NN32)c1OC. The number of methoxy groups -OCH3 is 2. The molecule has 0 saturated heterocycles. The Hall–Kier alpha value is -3.49. The van der Waals surface area contributed by atoms with Crippen molar-refractivity contribution in [1.82, 2.24) is 10.3 Å². The van der Waals surface area contributed by atoms with Gasteiger partial charge in [-0.15, -0.1) is 5.10 Å². The van der Waals surface area contributed by atoms with Crippen LogP contribution in [0, 0.1) is 0 Å². The summed E-state index contributed by atoms with van der Waals surface area (Å²) in [6.07, 6.45) is -0.605. The Morgan fingerprint density at radius 3 is 2.59 bits per heavy atom. The number of carbonyl (C=O) groups excluding carboxylic acids is 1. The number of carbonyl (C=O) groups is 1. The first-order valence-corrected chi connectivity index (χ1v) is 11.9. The third-order valence-electron chi connectivity index (χ3n) is 5.52. The van der Waals surface area contributed by atoms with Crippen molar-refractivity contribution < 1.29 is 14.3 Å². The summed E-state index contributed by atoms with van der Waals surface area (Å²) in [6, 6.07) is 20.7. The first kappa shape index (κ1) is 22.3. The van der Waals surface area contributed by atoms with Crippen LogP contribution in [0.2, 0.25) is 5.02 Å². The lowest BCUT2D eigenvalue weighted by atomic mass is 10.1. The normalized spacial score (nSPS) is 16.6. The summed E-state index contributed by atoms with van der Waals surface area (Å²) in [7, 11) is 3.17. The van der Waals surface area contributed by atoms with Crippen molar-refractivity contribution in [2.45, 2.75) is 11.9 Å². The zero-order chi connectivity index (χ0) is 23.7. The molecule has 34 heavy (non-hydrogen) atoms. The largest absolute Gasteiger partial charge is 0.493 e. The summed E-state index contributed by atoms with van der Waals surface area (Å²) in [5.74, 6) is 1.52. The highest BCUT2D eigenvalue weighted by Crippen LogP contribution is 2.40. The van der Waals surface area contributed by atoms with Crippen LogP contribution in [0.25, 0.3) is 5.70 Å². The third-order valence-corrected chi connectivity index (χ3v) is 6.70. The van der Waals surface area contributed by atoms with Gasteiger partial charge in [-0.1, -0.05) is 65.8 Å². The Kier molecular flexibility index (Phi) is 6.17. The van der Waals surface area contributed by atoms with E-state index in [-0.39, 0.29) is 5.91 Å². The van der Waals surface area contributed by atoms with Crippen LogP contribution >= 0.6 is 23.4 Å². The van der Waals surface area contributed by atoms with E-state index in [0.29, 0.717) is 38.5 Å². The van der Waals surface area contributed by atoms with Crippen molar-refractivity contribution in [1.29, 1.82) is 0 Å². The lowest BCUT2D eigenvalue weighted by Gasteiger charge is -2.34. The molecule has 172 valence electrons. The summed E-state index contributed by atoms with van der Waals surface area (Å²) < 4.78 is 11.2. The molecular weight excluding hydrogens is 472 g/mol. The number of hydrogen-bond acceptors (Lipinski definition) is 7. The third kappa shape index (κ3) is 4.10. The first-order valence-electron chi connectivity index (χ1n) is 10.5. The van der Waals surface area contributed by atoms with E-state index in [0.717, 1.165) is 16.3 Å². The summed E-state index contributed by atoms with van der Waals surface area (Å²) in [5.41, 5.74) is 2.26. The number of amidine groups is 1. The highest BCUT2D eigenvalue weighted by atomic mass is 35.5. The van der Waals surface area contributed by atoms with E-state index in [1.165, 1.54) is 11.8 Å². The maximum Gasteiger partial charge on any atom is 0.276 e. The Labute approximate surface area is 205 Å². The van der Waals surface area contributed by atoms with E-state index < -0.39 is 6.17 Å². The fourth-order valence-electron chi connectivity index (χ4n) is 3.94. The number of ether oxygens (including phenoxy) is 2. The van der Waals surface area contributed by atoms with Crippen LogP contribution in [0.15, 0.2) is 76.8 Å².